The van der Waals surface area contributed by atoms with Gasteiger partial charge in [-0.3, -0.25) is 9.00 Å². The summed E-state index contributed by atoms with van der Waals surface area (Å²) < 4.78 is 11.4. The van der Waals surface area contributed by atoms with Crippen LogP contribution in [0.1, 0.15) is 15.9 Å². The third kappa shape index (κ3) is 2.80. The molecule has 2 aromatic rings. The largest absolute Gasteiger partial charge is 0.288 e. The van der Waals surface area contributed by atoms with Crippen LogP contribution < -0.4 is 0 Å². The second-order valence-electron chi connectivity index (χ2n) is 3.55. The summed E-state index contributed by atoms with van der Waals surface area (Å²) >= 11 is 5.56. The molecule has 92 valence electrons. The highest BCUT2D eigenvalue weighted by Crippen LogP contribution is 2.13. The van der Waals surface area contributed by atoms with Crippen LogP contribution in [0.5, 0.6) is 0 Å². The van der Waals surface area contributed by atoms with Crippen molar-refractivity contribution in [1.82, 2.24) is 9.97 Å². The fourth-order valence-corrected chi connectivity index (χ4v) is 2.07. The molecule has 4 nitrogen and oxygen atoms in total. The van der Waals surface area contributed by atoms with Crippen molar-refractivity contribution in [2.45, 2.75) is 4.90 Å². The molecule has 0 amide bonds. The van der Waals surface area contributed by atoms with Crippen molar-refractivity contribution in [1.29, 1.82) is 0 Å². The number of aromatic nitrogens is 2. The number of benzene rings is 1. The number of nitrogens with zero attached hydrogens (tertiary/aromatic N) is 2. The van der Waals surface area contributed by atoms with Crippen LogP contribution in [0.15, 0.2) is 41.6 Å². The van der Waals surface area contributed by atoms with Crippen LogP contribution in [0.4, 0.5) is 0 Å². The van der Waals surface area contributed by atoms with Crippen LogP contribution in [0.25, 0.3) is 0 Å². The smallest absolute Gasteiger partial charge is 0.222 e. The SMILES string of the molecule is CS(=O)c1cccc(C(=O)c2cnc(Cl)nc2)c1. The molecule has 0 spiro atoms. The summed E-state index contributed by atoms with van der Waals surface area (Å²) in [6.45, 7) is 0. The van der Waals surface area contributed by atoms with Gasteiger partial charge in [0.15, 0.2) is 5.78 Å². The fraction of sp³-hybridized carbons (Fsp3) is 0.0833. The highest BCUT2D eigenvalue weighted by molar-refractivity contribution is 7.84. The molecular formula is C12H9ClN2O2S. The molecule has 0 fully saturated rings. The standard InChI is InChI=1S/C12H9ClN2O2S/c1-18(17)10-4-2-3-8(5-10)11(16)9-6-14-12(13)15-7-9/h2-7H,1H3. The lowest BCUT2D eigenvalue weighted by molar-refractivity contribution is 0.103. The molecule has 2 rings (SSSR count). The molecule has 1 heterocycles. The maximum Gasteiger partial charge on any atom is 0.222 e. The second-order valence-corrected chi connectivity index (χ2v) is 5.27. The number of halogens is 1. The lowest BCUT2D eigenvalue weighted by Gasteiger charge is -2.02. The predicted octanol–water partition coefficient (Wildman–Crippen LogP) is 2.10. The summed E-state index contributed by atoms with van der Waals surface area (Å²) in [6.07, 6.45) is 4.30. The first-order valence-corrected chi connectivity index (χ1v) is 6.97. The van der Waals surface area contributed by atoms with Crippen LogP contribution in [-0.4, -0.2) is 26.2 Å². The minimum Gasteiger partial charge on any atom is -0.288 e. The topological polar surface area (TPSA) is 59.9 Å². The van der Waals surface area contributed by atoms with E-state index in [1.807, 2.05) is 0 Å². The lowest BCUT2D eigenvalue weighted by Crippen LogP contribution is -2.03. The van der Waals surface area contributed by atoms with E-state index < -0.39 is 10.8 Å². The summed E-state index contributed by atoms with van der Waals surface area (Å²) in [4.78, 5) is 20.2. The van der Waals surface area contributed by atoms with E-state index in [1.165, 1.54) is 12.4 Å². The van der Waals surface area contributed by atoms with Crippen LogP contribution in [0, 0.1) is 0 Å². The van der Waals surface area contributed by atoms with Crippen LogP contribution >= 0.6 is 11.6 Å². The summed E-state index contributed by atoms with van der Waals surface area (Å²) in [6, 6.07) is 6.67. The van der Waals surface area contributed by atoms with Gasteiger partial charge in [0.2, 0.25) is 5.28 Å². The normalized spacial score (nSPS) is 12.1. The van der Waals surface area contributed by atoms with E-state index >= 15 is 0 Å². The van der Waals surface area contributed by atoms with Gasteiger partial charge in [-0.05, 0) is 23.7 Å². The molecule has 6 heteroatoms. The Kier molecular flexibility index (Phi) is 3.84. The van der Waals surface area contributed by atoms with Crippen molar-refractivity contribution in [3.05, 3.63) is 53.1 Å². The first-order valence-electron chi connectivity index (χ1n) is 5.03. The van der Waals surface area contributed by atoms with Crippen LogP contribution in [-0.2, 0) is 10.8 Å². The van der Waals surface area contributed by atoms with Gasteiger partial charge in [0.1, 0.15) is 0 Å². The molecule has 0 saturated carbocycles. The number of hydrogen-bond donors (Lipinski definition) is 0. The highest BCUT2D eigenvalue weighted by Gasteiger charge is 2.11. The van der Waals surface area contributed by atoms with Crippen molar-refractivity contribution in [2.75, 3.05) is 6.26 Å². The monoisotopic (exact) mass is 280 g/mol. The van der Waals surface area contributed by atoms with E-state index in [-0.39, 0.29) is 11.1 Å². The molecule has 0 aliphatic rings. The molecule has 0 N–H and O–H groups in total. The maximum absolute atomic E-state index is 12.1. The summed E-state index contributed by atoms with van der Waals surface area (Å²) in [5.41, 5.74) is 0.798. The van der Waals surface area contributed by atoms with Gasteiger partial charge in [0.25, 0.3) is 0 Å². The summed E-state index contributed by atoms with van der Waals surface area (Å²) in [5.74, 6) is -0.223. The molecule has 1 aromatic heterocycles. The van der Waals surface area contributed by atoms with E-state index in [0.717, 1.165) is 0 Å². The van der Waals surface area contributed by atoms with Gasteiger partial charge in [-0.2, -0.15) is 0 Å². The molecule has 0 bridgehead atoms. The van der Waals surface area contributed by atoms with E-state index in [1.54, 1.807) is 30.5 Å². The Hall–Kier alpha value is -1.59. The third-order valence-corrected chi connectivity index (χ3v) is 3.42. The summed E-state index contributed by atoms with van der Waals surface area (Å²) in [7, 11) is -1.12. The second kappa shape index (κ2) is 5.37. The van der Waals surface area contributed by atoms with Gasteiger partial charge >= 0.3 is 0 Å². The average molecular weight is 281 g/mol. The number of hydrogen-bond acceptors (Lipinski definition) is 4. The van der Waals surface area contributed by atoms with Gasteiger partial charge < -0.3 is 0 Å². The molecular weight excluding hydrogens is 272 g/mol. The Morgan fingerprint density at radius 3 is 2.50 bits per heavy atom. The summed E-state index contributed by atoms with van der Waals surface area (Å²) in [5, 5.41) is 0.0926. The van der Waals surface area contributed by atoms with Crippen LogP contribution in [0.2, 0.25) is 5.28 Å². The van der Waals surface area contributed by atoms with Crippen molar-refractivity contribution >= 4 is 28.2 Å². The van der Waals surface area contributed by atoms with Crippen LogP contribution in [0.3, 0.4) is 0 Å². The first kappa shape index (κ1) is 12.9. The number of rotatable bonds is 3. The molecule has 0 radical (unpaired) electrons. The Morgan fingerprint density at radius 1 is 1.22 bits per heavy atom. The highest BCUT2D eigenvalue weighted by atomic mass is 35.5. The van der Waals surface area contributed by atoms with Gasteiger partial charge in [0.05, 0.1) is 5.56 Å². The van der Waals surface area contributed by atoms with Gasteiger partial charge in [0, 0.05) is 39.9 Å². The van der Waals surface area contributed by atoms with E-state index in [0.29, 0.717) is 16.0 Å². The quantitative estimate of drug-likeness (QED) is 0.638. The molecule has 0 aliphatic carbocycles. The molecule has 1 unspecified atom stereocenters. The lowest BCUT2D eigenvalue weighted by atomic mass is 10.1. The number of carbonyl (C=O) groups is 1. The van der Waals surface area contributed by atoms with Gasteiger partial charge in [-0.25, -0.2) is 9.97 Å². The van der Waals surface area contributed by atoms with Crippen molar-refractivity contribution in [3.8, 4) is 0 Å². The molecule has 1 atom stereocenters. The molecule has 0 saturated heterocycles. The van der Waals surface area contributed by atoms with Crippen molar-refractivity contribution in [3.63, 3.8) is 0 Å². The molecule has 0 aliphatic heterocycles. The third-order valence-electron chi connectivity index (χ3n) is 2.31. The Bertz CT molecular complexity index is 614. The molecule has 1 aromatic carbocycles. The Labute approximate surface area is 111 Å². The Morgan fingerprint density at radius 2 is 1.89 bits per heavy atom. The zero-order chi connectivity index (χ0) is 13.1. The minimum absolute atomic E-state index is 0.0926. The Balaban J connectivity index is 2.37. The number of carbonyl (C=O) groups excluding carboxylic acids is 1. The van der Waals surface area contributed by atoms with E-state index in [2.05, 4.69) is 9.97 Å². The van der Waals surface area contributed by atoms with Gasteiger partial charge in [-0.15, -0.1) is 0 Å². The van der Waals surface area contributed by atoms with E-state index in [4.69, 9.17) is 11.6 Å². The zero-order valence-electron chi connectivity index (χ0n) is 9.46. The predicted molar refractivity (Wildman–Crippen MR) is 69.2 cm³/mol. The first-order chi connectivity index (χ1) is 8.58. The van der Waals surface area contributed by atoms with Gasteiger partial charge in [-0.1, -0.05) is 12.1 Å². The zero-order valence-corrected chi connectivity index (χ0v) is 11.0. The maximum atomic E-state index is 12.1. The minimum atomic E-state index is -1.12. The van der Waals surface area contributed by atoms with Crippen molar-refractivity contribution < 1.29 is 9.00 Å². The molecule has 18 heavy (non-hydrogen) atoms. The fourth-order valence-electron chi connectivity index (χ4n) is 1.41. The average Bonchev–Trinajstić information content (AvgIpc) is 2.39. The van der Waals surface area contributed by atoms with Crippen molar-refractivity contribution in [2.24, 2.45) is 0 Å². The van der Waals surface area contributed by atoms with E-state index in [9.17, 15) is 9.00 Å². The number of ketones is 1.